The van der Waals surface area contributed by atoms with E-state index in [1.807, 2.05) is 17.5 Å². The molecule has 2 heterocycles. The van der Waals surface area contributed by atoms with Crippen molar-refractivity contribution in [2.75, 3.05) is 6.54 Å². The molecule has 0 saturated heterocycles. The fraction of sp³-hybridized carbons (Fsp3) is 0.462. The van der Waals surface area contributed by atoms with Crippen LogP contribution in [0.4, 0.5) is 0 Å². The predicted octanol–water partition coefficient (Wildman–Crippen LogP) is 3.71. The van der Waals surface area contributed by atoms with E-state index >= 15 is 0 Å². The molecule has 2 aromatic heterocycles. The summed E-state index contributed by atoms with van der Waals surface area (Å²) >= 11 is 3.66. The standard InChI is InChI=1S/C13H18N2S2/c1-9-4-5-12(16-9)11(3)14-7-6-13-15-8-10(2)17-13/h4-5,8,11,14H,6-7H2,1-3H3/t11-/m0/s1. The third-order valence-electron chi connectivity index (χ3n) is 2.65. The zero-order valence-corrected chi connectivity index (χ0v) is 12.1. The van der Waals surface area contributed by atoms with Crippen LogP contribution in [0.15, 0.2) is 18.3 Å². The van der Waals surface area contributed by atoms with Crippen molar-refractivity contribution in [3.63, 3.8) is 0 Å². The highest BCUT2D eigenvalue weighted by Crippen LogP contribution is 2.22. The molecule has 0 fully saturated rings. The van der Waals surface area contributed by atoms with E-state index in [2.05, 4.69) is 43.2 Å². The number of thiophene rings is 1. The van der Waals surface area contributed by atoms with Gasteiger partial charge in [0.05, 0.1) is 5.01 Å². The fourth-order valence-corrected chi connectivity index (χ4v) is 3.39. The van der Waals surface area contributed by atoms with Crippen molar-refractivity contribution in [2.24, 2.45) is 0 Å². The molecule has 0 amide bonds. The predicted molar refractivity (Wildman–Crippen MR) is 76.0 cm³/mol. The topological polar surface area (TPSA) is 24.9 Å². The fourth-order valence-electron chi connectivity index (χ4n) is 1.70. The molecule has 1 atom stereocenters. The maximum atomic E-state index is 4.37. The zero-order valence-electron chi connectivity index (χ0n) is 10.5. The summed E-state index contributed by atoms with van der Waals surface area (Å²) in [6, 6.07) is 4.84. The van der Waals surface area contributed by atoms with Gasteiger partial charge in [-0.3, -0.25) is 0 Å². The van der Waals surface area contributed by atoms with Gasteiger partial charge in [-0.05, 0) is 32.9 Å². The molecule has 0 radical (unpaired) electrons. The SMILES string of the molecule is Cc1ccc([C@H](C)NCCc2ncc(C)s2)s1. The summed E-state index contributed by atoms with van der Waals surface area (Å²) in [6.07, 6.45) is 2.97. The molecule has 2 aromatic rings. The molecule has 0 saturated carbocycles. The van der Waals surface area contributed by atoms with Gasteiger partial charge in [0.2, 0.25) is 0 Å². The average Bonchev–Trinajstić information content (AvgIpc) is 2.88. The maximum Gasteiger partial charge on any atom is 0.0940 e. The van der Waals surface area contributed by atoms with Gasteiger partial charge >= 0.3 is 0 Å². The van der Waals surface area contributed by atoms with Crippen LogP contribution >= 0.6 is 22.7 Å². The molecule has 0 spiro atoms. The highest BCUT2D eigenvalue weighted by Gasteiger charge is 2.07. The van der Waals surface area contributed by atoms with Crippen molar-refractivity contribution >= 4 is 22.7 Å². The Morgan fingerprint density at radius 2 is 2.06 bits per heavy atom. The van der Waals surface area contributed by atoms with Gasteiger partial charge in [-0.15, -0.1) is 22.7 Å². The van der Waals surface area contributed by atoms with E-state index in [0.29, 0.717) is 6.04 Å². The molecule has 0 aliphatic carbocycles. The van der Waals surface area contributed by atoms with Gasteiger partial charge in [0.1, 0.15) is 0 Å². The summed E-state index contributed by atoms with van der Waals surface area (Å²) in [7, 11) is 0. The minimum Gasteiger partial charge on any atom is -0.309 e. The van der Waals surface area contributed by atoms with E-state index in [1.54, 1.807) is 11.3 Å². The molecule has 4 heteroatoms. The lowest BCUT2D eigenvalue weighted by Crippen LogP contribution is -2.20. The third-order valence-corrected chi connectivity index (χ3v) is 4.80. The Kier molecular flexibility index (Phi) is 4.31. The first-order valence-corrected chi connectivity index (χ1v) is 7.49. The Bertz CT molecular complexity index is 473. The molecule has 2 rings (SSSR count). The number of hydrogen-bond donors (Lipinski definition) is 1. The van der Waals surface area contributed by atoms with Crippen molar-refractivity contribution < 1.29 is 0 Å². The summed E-state index contributed by atoms with van der Waals surface area (Å²) in [6.45, 7) is 7.47. The van der Waals surface area contributed by atoms with Gasteiger partial charge < -0.3 is 5.32 Å². The second-order valence-corrected chi connectivity index (χ2v) is 6.88. The number of aryl methyl sites for hydroxylation is 2. The molecular formula is C13H18N2S2. The Hall–Kier alpha value is -0.710. The van der Waals surface area contributed by atoms with Crippen molar-refractivity contribution in [2.45, 2.75) is 33.2 Å². The lowest BCUT2D eigenvalue weighted by atomic mass is 10.2. The van der Waals surface area contributed by atoms with Gasteiger partial charge in [-0.1, -0.05) is 0 Å². The van der Waals surface area contributed by atoms with Crippen LogP contribution in [0.5, 0.6) is 0 Å². The second kappa shape index (κ2) is 5.76. The lowest BCUT2D eigenvalue weighted by molar-refractivity contribution is 0.584. The summed E-state index contributed by atoms with van der Waals surface area (Å²) in [5, 5.41) is 4.77. The minimum absolute atomic E-state index is 0.440. The second-order valence-electron chi connectivity index (χ2n) is 4.24. The van der Waals surface area contributed by atoms with E-state index in [0.717, 1.165) is 13.0 Å². The summed E-state index contributed by atoms with van der Waals surface area (Å²) in [5.74, 6) is 0. The Labute approximate surface area is 111 Å². The number of hydrogen-bond acceptors (Lipinski definition) is 4. The molecule has 0 aliphatic heterocycles. The van der Waals surface area contributed by atoms with Crippen molar-refractivity contribution in [3.05, 3.63) is 38.0 Å². The van der Waals surface area contributed by atoms with Gasteiger partial charge in [0.25, 0.3) is 0 Å². The average molecular weight is 266 g/mol. The normalized spacial score (nSPS) is 12.9. The molecule has 17 heavy (non-hydrogen) atoms. The van der Waals surface area contributed by atoms with E-state index in [1.165, 1.54) is 19.6 Å². The number of rotatable bonds is 5. The first-order valence-electron chi connectivity index (χ1n) is 5.86. The number of nitrogens with zero attached hydrogens (tertiary/aromatic N) is 1. The number of thiazole rings is 1. The maximum absolute atomic E-state index is 4.37. The van der Waals surface area contributed by atoms with Gasteiger partial charge in [0, 0.05) is 39.8 Å². The highest BCUT2D eigenvalue weighted by atomic mass is 32.1. The molecule has 0 aliphatic rings. The minimum atomic E-state index is 0.440. The van der Waals surface area contributed by atoms with Crippen LogP contribution in [0.2, 0.25) is 0 Å². The van der Waals surface area contributed by atoms with Crippen LogP contribution < -0.4 is 5.32 Å². The molecular weight excluding hydrogens is 248 g/mol. The first kappa shape index (κ1) is 12.7. The van der Waals surface area contributed by atoms with Crippen molar-refractivity contribution in [1.82, 2.24) is 10.3 Å². The number of nitrogens with one attached hydrogen (secondary N) is 1. The van der Waals surface area contributed by atoms with Crippen LogP contribution in [-0.2, 0) is 6.42 Å². The summed E-state index contributed by atoms with van der Waals surface area (Å²) < 4.78 is 0. The highest BCUT2D eigenvalue weighted by molar-refractivity contribution is 7.12. The van der Waals surface area contributed by atoms with Crippen molar-refractivity contribution in [3.8, 4) is 0 Å². The van der Waals surface area contributed by atoms with Gasteiger partial charge in [-0.2, -0.15) is 0 Å². The third kappa shape index (κ3) is 3.63. The Morgan fingerprint density at radius 1 is 1.24 bits per heavy atom. The van der Waals surface area contributed by atoms with Crippen LogP contribution in [0.1, 0.15) is 32.6 Å². The smallest absolute Gasteiger partial charge is 0.0940 e. The molecule has 0 bridgehead atoms. The summed E-state index contributed by atoms with van der Waals surface area (Å²) in [4.78, 5) is 8.46. The zero-order chi connectivity index (χ0) is 12.3. The molecule has 1 N–H and O–H groups in total. The first-order chi connectivity index (χ1) is 8.15. The van der Waals surface area contributed by atoms with Gasteiger partial charge in [-0.25, -0.2) is 4.98 Å². The molecule has 2 nitrogen and oxygen atoms in total. The molecule has 0 aromatic carbocycles. The lowest BCUT2D eigenvalue weighted by Gasteiger charge is -2.10. The van der Waals surface area contributed by atoms with Crippen LogP contribution in [0.3, 0.4) is 0 Å². The van der Waals surface area contributed by atoms with Crippen LogP contribution in [0.25, 0.3) is 0 Å². The summed E-state index contributed by atoms with van der Waals surface area (Å²) in [5.41, 5.74) is 0. The quantitative estimate of drug-likeness (QED) is 0.892. The van der Waals surface area contributed by atoms with E-state index in [4.69, 9.17) is 0 Å². The monoisotopic (exact) mass is 266 g/mol. The van der Waals surface area contributed by atoms with E-state index < -0.39 is 0 Å². The number of aromatic nitrogens is 1. The molecule has 0 unspecified atom stereocenters. The van der Waals surface area contributed by atoms with E-state index in [9.17, 15) is 0 Å². The Balaban J connectivity index is 1.78. The van der Waals surface area contributed by atoms with Gasteiger partial charge in [0.15, 0.2) is 0 Å². The molecule has 92 valence electrons. The Morgan fingerprint density at radius 3 is 2.65 bits per heavy atom. The van der Waals surface area contributed by atoms with E-state index in [-0.39, 0.29) is 0 Å². The van der Waals surface area contributed by atoms with Crippen molar-refractivity contribution in [1.29, 1.82) is 0 Å². The van der Waals surface area contributed by atoms with Crippen LogP contribution in [-0.4, -0.2) is 11.5 Å². The van der Waals surface area contributed by atoms with Crippen LogP contribution in [0, 0.1) is 13.8 Å². The largest absolute Gasteiger partial charge is 0.309 e.